The van der Waals surface area contributed by atoms with Crippen LogP contribution >= 0.6 is 0 Å². The highest BCUT2D eigenvalue weighted by Crippen LogP contribution is 2.25. The summed E-state index contributed by atoms with van der Waals surface area (Å²) in [5, 5.41) is 12.8. The van der Waals surface area contributed by atoms with Gasteiger partial charge in [-0.3, -0.25) is 10.0 Å². The Bertz CT molecular complexity index is 755. The first-order valence-electron chi connectivity index (χ1n) is 6.99. The fourth-order valence-corrected chi connectivity index (χ4v) is 2.33. The number of benzene rings is 2. The summed E-state index contributed by atoms with van der Waals surface area (Å²) < 4.78 is 0. The summed E-state index contributed by atoms with van der Waals surface area (Å²) >= 11 is 0. The van der Waals surface area contributed by atoms with Crippen molar-refractivity contribution in [3.63, 3.8) is 0 Å². The second-order valence-corrected chi connectivity index (χ2v) is 5.23. The summed E-state index contributed by atoms with van der Waals surface area (Å²) in [6, 6.07) is 13.1. The van der Waals surface area contributed by atoms with Crippen molar-refractivity contribution in [2.75, 3.05) is 10.0 Å². The smallest absolute Gasteiger partial charge is 0.337 e. The van der Waals surface area contributed by atoms with Gasteiger partial charge in [-0.1, -0.05) is 18.2 Å². The van der Waals surface area contributed by atoms with Crippen molar-refractivity contribution in [2.45, 2.75) is 13.8 Å². The molecule has 2 aromatic rings. The van der Waals surface area contributed by atoms with E-state index in [9.17, 15) is 9.90 Å². The number of hydrogen-bond donors (Lipinski definition) is 2. The van der Waals surface area contributed by atoms with Crippen molar-refractivity contribution in [1.82, 2.24) is 5.53 Å². The van der Waals surface area contributed by atoms with E-state index < -0.39 is 5.97 Å². The Kier molecular flexibility index (Phi) is 3.56. The highest BCUT2D eigenvalue weighted by Gasteiger charge is 2.19. The van der Waals surface area contributed by atoms with E-state index >= 15 is 0 Å². The van der Waals surface area contributed by atoms with Gasteiger partial charge in [-0.25, -0.2) is 4.79 Å². The molecule has 0 radical (unpaired) electrons. The maximum Gasteiger partial charge on any atom is 0.337 e. The summed E-state index contributed by atoms with van der Waals surface area (Å²) in [7, 11) is 0. The number of carboxylic acids is 1. The van der Waals surface area contributed by atoms with Crippen molar-refractivity contribution in [1.29, 1.82) is 0 Å². The molecule has 0 amide bonds. The molecule has 0 aliphatic carbocycles. The molecule has 112 valence electrons. The number of carbonyl (C=O) groups is 1. The molecule has 1 heterocycles. The molecule has 2 N–H and O–H groups in total. The number of hydrogen-bond acceptors (Lipinski definition) is 4. The van der Waals surface area contributed by atoms with Gasteiger partial charge in [-0.15, -0.1) is 5.53 Å². The Labute approximate surface area is 129 Å². The highest BCUT2D eigenvalue weighted by molar-refractivity contribution is 5.94. The molecule has 2 aromatic carbocycles. The van der Waals surface area contributed by atoms with Crippen LogP contribution in [0.25, 0.3) is 0 Å². The van der Waals surface area contributed by atoms with Crippen LogP contribution in [-0.2, 0) is 0 Å². The van der Waals surface area contributed by atoms with Crippen LogP contribution in [0.1, 0.15) is 21.5 Å². The van der Waals surface area contributed by atoms with Gasteiger partial charge in [0, 0.05) is 12.4 Å². The van der Waals surface area contributed by atoms with Gasteiger partial charge in [-0.05, 0) is 49.2 Å². The molecular weight excluding hydrogens is 278 g/mol. The van der Waals surface area contributed by atoms with Crippen LogP contribution in [0.2, 0.25) is 0 Å². The predicted molar refractivity (Wildman–Crippen MR) is 86.6 cm³/mol. The Morgan fingerprint density at radius 1 is 1.00 bits per heavy atom. The van der Waals surface area contributed by atoms with Gasteiger partial charge < -0.3 is 5.11 Å². The van der Waals surface area contributed by atoms with Gasteiger partial charge in [0.15, 0.2) is 0 Å². The number of hydrazine groups is 2. The molecule has 0 fully saturated rings. The summed E-state index contributed by atoms with van der Waals surface area (Å²) in [4.78, 5) is 11.3. The minimum atomic E-state index is -0.949. The quantitative estimate of drug-likeness (QED) is 0.910. The Balaban J connectivity index is 1.85. The van der Waals surface area contributed by atoms with Crippen LogP contribution < -0.4 is 15.6 Å². The van der Waals surface area contributed by atoms with Crippen molar-refractivity contribution in [3.05, 3.63) is 71.6 Å². The molecule has 0 aromatic heterocycles. The molecule has 0 bridgehead atoms. The Morgan fingerprint density at radius 3 is 2.45 bits per heavy atom. The van der Waals surface area contributed by atoms with Crippen LogP contribution in [0.5, 0.6) is 0 Å². The third kappa shape index (κ3) is 2.54. The number of aromatic carboxylic acids is 1. The number of nitrogens with one attached hydrogen (secondary N) is 1. The Hall–Kier alpha value is -2.79. The molecular formula is C17H17N3O2. The van der Waals surface area contributed by atoms with E-state index in [0.29, 0.717) is 5.69 Å². The molecule has 0 unspecified atom stereocenters. The van der Waals surface area contributed by atoms with Gasteiger partial charge in [0.1, 0.15) is 0 Å². The summed E-state index contributed by atoms with van der Waals surface area (Å²) in [5.41, 5.74) is 7.44. The molecule has 1 aliphatic rings. The number of para-hydroxylation sites is 1. The fraction of sp³-hybridized carbons (Fsp3) is 0.118. The maximum absolute atomic E-state index is 11.3. The van der Waals surface area contributed by atoms with E-state index in [4.69, 9.17) is 0 Å². The molecule has 1 aliphatic heterocycles. The van der Waals surface area contributed by atoms with Crippen LogP contribution in [0.3, 0.4) is 0 Å². The van der Waals surface area contributed by atoms with E-state index in [1.807, 2.05) is 23.3 Å². The molecule has 0 spiro atoms. The summed E-state index contributed by atoms with van der Waals surface area (Å²) in [6.45, 7) is 4.14. The number of carboxylic acid groups (broad SMARTS) is 1. The molecule has 22 heavy (non-hydrogen) atoms. The first kappa shape index (κ1) is 14.2. The molecule has 0 atom stereocenters. The summed E-state index contributed by atoms with van der Waals surface area (Å²) in [5.74, 6) is -0.949. The average molecular weight is 295 g/mol. The molecule has 0 saturated heterocycles. The zero-order valence-electron chi connectivity index (χ0n) is 12.4. The molecule has 5 nitrogen and oxygen atoms in total. The third-order valence-electron chi connectivity index (χ3n) is 3.74. The second kappa shape index (κ2) is 5.54. The maximum atomic E-state index is 11.3. The minimum Gasteiger partial charge on any atom is -0.478 e. The van der Waals surface area contributed by atoms with Gasteiger partial charge in [0.25, 0.3) is 0 Å². The first-order valence-corrected chi connectivity index (χ1v) is 6.99. The van der Waals surface area contributed by atoms with E-state index in [2.05, 4.69) is 31.5 Å². The normalized spacial score (nSPS) is 13.7. The topological polar surface area (TPSA) is 55.8 Å². The fourth-order valence-electron chi connectivity index (χ4n) is 2.33. The molecule has 0 saturated carbocycles. The molecule has 5 heteroatoms. The van der Waals surface area contributed by atoms with E-state index in [1.165, 1.54) is 11.1 Å². The van der Waals surface area contributed by atoms with E-state index in [1.54, 1.807) is 29.4 Å². The van der Waals surface area contributed by atoms with Crippen LogP contribution in [-0.4, -0.2) is 11.1 Å². The number of nitrogens with zero attached hydrogens (tertiary/aromatic N) is 2. The largest absolute Gasteiger partial charge is 0.478 e. The monoisotopic (exact) mass is 295 g/mol. The lowest BCUT2D eigenvalue weighted by atomic mass is 10.1. The van der Waals surface area contributed by atoms with Gasteiger partial charge in [0.2, 0.25) is 0 Å². The SMILES string of the molecule is Cc1ccc(N2C=CN(c3ccccc3C(=O)O)N2)cc1C. The summed E-state index contributed by atoms with van der Waals surface area (Å²) in [6.07, 6.45) is 3.67. The third-order valence-corrected chi connectivity index (χ3v) is 3.74. The second-order valence-electron chi connectivity index (χ2n) is 5.23. The van der Waals surface area contributed by atoms with Crippen LogP contribution in [0.4, 0.5) is 11.4 Å². The zero-order chi connectivity index (χ0) is 15.7. The van der Waals surface area contributed by atoms with Crippen molar-refractivity contribution in [2.24, 2.45) is 0 Å². The highest BCUT2D eigenvalue weighted by atomic mass is 16.4. The van der Waals surface area contributed by atoms with E-state index in [-0.39, 0.29) is 5.56 Å². The predicted octanol–water partition coefficient (Wildman–Crippen LogP) is 3.22. The minimum absolute atomic E-state index is 0.251. The lowest BCUT2D eigenvalue weighted by molar-refractivity contribution is 0.0697. The lowest BCUT2D eigenvalue weighted by Crippen LogP contribution is -2.40. The first-order chi connectivity index (χ1) is 10.6. The standard InChI is InChI=1S/C17H17N3O2/c1-12-7-8-14(11-13(12)2)19-9-10-20(18-19)16-6-4-3-5-15(16)17(21)22/h3-11,18H,1-2H3,(H,21,22). The van der Waals surface area contributed by atoms with Crippen molar-refractivity contribution >= 4 is 17.3 Å². The van der Waals surface area contributed by atoms with Gasteiger partial charge >= 0.3 is 5.97 Å². The number of anilines is 2. The van der Waals surface area contributed by atoms with E-state index in [0.717, 1.165) is 5.69 Å². The number of aryl methyl sites for hydroxylation is 2. The van der Waals surface area contributed by atoms with Crippen molar-refractivity contribution in [3.8, 4) is 0 Å². The lowest BCUT2D eigenvalue weighted by Gasteiger charge is -2.24. The van der Waals surface area contributed by atoms with Crippen LogP contribution in [0.15, 0.2) is 54.9 Å². The number of rotatable bonds is 3. The zero-order valence-corrected chi connectivity index (χ0v) is 12.4. The molecule has 3 rings (SSSR count). The van der Waals surface area contributed by atoms with Gasteiger partial charge in [0.05, 0.1) is 16.9 Å². The Morgan fingerprint density at radius 2 is 1.73 bits per heavy atom. The van der Waals surface area contributed by atoms with Crippen molar-refractivity contribution < 1.29 is 9.90 Å². The average Bonchev–Trinajstić information content (AvgIpc) is 3.00. The van der Waals surface area contributed by atoms with Crippen LogP contribution in [0, 0.1) is 13.8 Å². The van der Waals surface area contributed by atoms with Gasteiger partial charge in [-0.2, -0.15) is 0 Å².